The van der Waals surface area contributed by atoms with E-state index in [0.717, 1.165) is 17.4 Å². The predicted octanol–water partition coefficient (Wildman–Crippen LogP) is 3.33. The second-order valence-electron chi connectivity index (χ2n) is 5.79. The van der Waals surface area contributed by atoms with E-state index in [1.54, 1.807) is 0 Å². The Hall–Kier alpha value is -0.820. The average Bonchev–Trinajstić information content (AvgIpc) is 2.92. The van der Waals surface area contributed by atoms with Crippen molar-refractivity contribution in [1.82, 2.24) is 0 Å². The Kier molecular flexibility index (Phi) is 2.32. The van der Waals surface area contributed by atoms with Crippen molar-refractivity contribution in [2.75, 3.05) is 0 Å². The van der Waals surface area contributed by atoms with E-state index in [9.17, 15) is 5.11 Å². The summed E-state index contributed by atoms with van der Waals surface area (Å²) in [5.74, 6) is 2.14. The lowest BCUT2D eigenvalue weighted by Crippen LogP contribution is -2.35. The highest BCUT2D eigenvalue weighted by atomic mass is 16.3. The molecular weight excluding hydrogens is 196 g/mol. The van der Waals surface area contributed by atoms with Gasteiger partial charge < -0.3 is 5.11 Å². The summed E-state index contributed by atoms with van der Waals surface area (Å²) < 4.78 is 0. The lowest BCUT2D eigenvalue weighted by atomic mass is 9.74. The van der Waals surface area contributed by atoms with E-state index in [1.807, 2.05) is 25.1 Å². The van der Waals surface area contributed by atoms with Crippen molar-refractivity contribution in [2.24, 2.45) is 17.8 Å². The lowest BCUT2D eigenvalue weighted by Gasteiger charge is -2.36. The number of hydrogen-bond acceptors (Lipinski definition) is 1. The third-order valence-corrected chi connectivity index (χ3v) is 4.82. The first-order valence-corrected chi connectivity index (χ1v) is 6.46. The zero-order valence-corrected chi connectivity index (χ0v) is 9.89. The van der Waals surface area contributed by atoms with Crippen molar-refractivity contribution in [3.05, 3.63) is 35.9 Å². The normalized spacial score (nSPS) is 36.2. The Morgan fingerprint density at radius 3 is 2.44 bits per heavy atom. The van der Waals surface area contributed by atoms with E-state index in [2.05, 4.69) is 12.1 Å². The van der Waals surface area contributed by atoms with Crippen LogP contribution in [0.1, 0.15) is 38.2 Å². The molecule has 0 aromatic heterocycles. The van der Waals surface area contributed by atoms with Crippen LogP contribution < -0.4 is 0 Å². The number of benzene rings is 1. The molecule has 0 spiro atoms. The molecule has 1 N–H and O–H groups in total. The van der Waals surface area contributed by atoms with Gasteiger partial charge in [0.25, 0.3) is 0 Å². The van der Waals surface area contributed by atoms with Gasteiger partial charge in [-0.2, -0.15) is 0 Å². The fourth-order valence-electron chi connectivity index (χ4n) is 3.92. The van der Waals surface area contributed by atoms with Gasteiger partial charge in [-0.15, -0.1) is 0 Å². The van der Waals surface area contributed by atoms with E-state index in [1.165, 1.54) is 25.7 Å². The largest absolute Gasteiger partial charge is 0.385 e. The van der Waals surface area contributed by atoms with Crippen LogP contribution in [0.3, 0.4) is 0 Å². The summed E-state index contributed by atoms with van der Waals surface area (Å²) in [5, 5.41) is 10.8. The van der Waals surface area contributed by atoms with Gasteiger partial charge in [0.1, 0.15) is 0 Å². The minimum atomic E-state index is -0.624. The zero-order chi connectivity index (χ0) is 11.2. The minimum absolute atomic E-state index is 0.480. The zero-order valence-electron chi connectivity index (χ0n) is 9.89. The van der Waals surface area contributed by atoms with Gasteiger partial charge >= 0.3 is 0 Å². The summed E-state index contributed by atoms with van der Waals surface area (Å²) in [6.45, 7) is 2.01. The lowest BCUT2D eigenvalue weighted by molar-refractivity contribution is -0.0296. The SMILES string of the molecule is CC(O)(c1ccccc1)C1CC2CCC1C2. The summed E-state index contributed by atoms with van der Waals surface area (Å²) in [4.78, 5) is 0. The van der Waals surface area contributed by atoms with Gasteiger partial charge in [0, 0.05) is 0 Å². The first-order chi connectivity index (χ1) is 7.68. The summed E-state index contributed by atoms with van der Waals surface area (Å²) in [6, 6.07) is 10.2. The Morgan fingerprint density at radius 2 is 1.88 bits per heavy atom. The Morgan fingerprint density at radius 1 is 1.12 bits per heavy atom. The van der Waals surface area contributed by atoms with E-state index in [0.29, 0.717) is 5.92 Å². The third-order valence-electron chi connectivity index (χ3n) is 4.82. The molecule has 1 nitrogen and oxygen atoms in total. The number of rotatable bonds is 2. The molecule has 4 unspecified atom stereocenters. The first kappa shape index (κ1) is 10.3. The van der Waals surface area contributed by atoms with E-state index < -0.39 is 5.60 Å². The van der Waals surface area contributed by atoms with Gasteiger partial charge in [-0.05, 0) is 49.5 Å². The maximum Gasteiger partial charge on any atom is 0.0899 e. The quantitative estimate of drug-likeness (QED) is 0.804. The molecule has 2 saturated carbocycles. The molecule has 0 aliphatic heterocycles. The molecule has 1 heteroatoms. The van der Waals surface area contributed by atoms with Gasteiger partial charge in [-0.3, -0.25) is 0 Å². The van der Waals surface area contributed by atoms with Crippen LogP contribution in [0.15, 0.2) is 30.3 Å². The van der Waals surface area contributed by atoms with Crippen LogP contribution in [0.4, 0.5) is 0 Å². The number of hydrogen-bond donors (Lipinski definition) is 1. The smallest absolute Gasteiger partial charge is 0.0899 e. The maximum absolute atomic E-state index is 10.8. The molecule has 2 bridgehead atoms. The van der Waals surface area contributed by atoms with Crippen molar-refractivity contribution in [3.8, 4) is 0 Å². The van der Waals surface area contributed by atoms with Crippen LogP contribution in [0.25, 0.3) is 0 Å². The molecule has 0 heterocycles. The molecule has 2 aliphatic carbocycles. The molecule has 2 fully saturated rings. The average molecular weight is 216 g/mol. The molecule has 0 amide bonds. The Labute approximate surface area is 97.5 Å². The fraction of sp³-hybridized carbons (Fsp3) is 0.600. The molecular formula is C15H20O. The standard InChI is InChI=1S/C15H20O/c1-15(16,13-5-3-2-4-6-13)14-10-11-7-8-12(14)9-11/h2-6,11-12,14,16H,7-10H2,1H3. The second-order valence-corrected chi connectivity index (χ2v) is 5.79. The van der Waals surface area contributed by atoms with Crippen LogP contribution >= 0.6 is 0 Å². The molecule has 2 aliphatic rings. The van der Waals surface area contributed by atoms with Crippen LogP contribution in [0, 0.1) is 17.8 Å². The van der Waals surface area contributed by atoms with Gasteiger partial charge in [-0.25, -0.2) is 0 Å². The Bertz CT molecular complexity index is 368. The minimum Gasteiger partial charge on any atom is -0.385 e. The molecule has 4 atom stereocenters. The van der Waals surface area contributed by atoms with Gasteiger partial charge in [0.05, 0.1) is 5.60 Å². The summed E-state index contributed by atoms with van der Waals surface area (Å²) in [5.41, 5.74) is 0.466. The van der Waals surface area contributed by atoms with Crippen LogP contribution in [0.5, 0.6) is 0 Å². The van der Waals surface area contributed by atoms with E-state index in [-0.39, 0.29) is 0 Å². The molecule has 0 radical (unpaired) electrons. The number of fused-ring (bicyclic) bond motifs is 2. The highest BCUT2D eigenvalue weighted by Gasteiger charge is 2.48. The maximum atomic E-state index is 10.8. The highest BCUT2D eigenvalue weighted by Crippen LogP contribution is 2.54. The first-order valence-electron chi connectivity index (χ1n) is 6.46. The second kappa shape index (κ2) is 3.59. The van der Waals surface area contributed by atoms with Crippen molar-refractivity contribution < 1.29 is 5.11 Å². The topological polar surface area (TPSA) is 20.2 Å². The Balaban J connectivity index is 1.88. The summed E-state index contributed by atoms with van der Waals surface area (Å²) in [7, 11) is 0. The molecule has 1 aromatic rings. The molecule has 0 saturated heterocycles. The molecule has 86 valence electrons. The van der Waals surface area contributed by atoms with E-state index in [4.69, 9.17) is 0 Å². The molecule has 3 rings (SSSR count). The number of aliphatic hydroxyl groups is 1. The summed E-state index contributed by atoms with van der Waals surface area (Å²) in [6.07, 6.45) is 5.31. The van der Waals surface area contributed by atoms with Crippen LogP contribution in [-0.4, -0.2) is 5.11 Å². The van der Waals surface area contributed by atoms with Crippen molar-refractivity contribution in [3.63, 3.8) is 0 Å². The van der Waals surface area contributed by atoms with Gasteiger partial charge in [0.15, 0.2) is 0 Å². The van der Waals surface area contributed by atoms with Crippen LogP contribution in [-0.2, 0) is 5.60 Å². The van der Waals surface area contributed by atoms with Crippen molar-refractivity contribution >= 4 is 0 Å². The highest BCUT2D eigenvalue weighted by molar-refractivity contribution is 5.23. The molecule has 16 heavy (non-hydrogen) atoms. The fourth-order valence-corrected chi connectivity index (χ4v) is 3.92. The predicted molar refractivity (Wildman–Crippen MR) is 65.0 cm³/mol. The molecule has 1 aromatic carbocycles. The van der Waals surface area contributed by atoms with Crippen LogP contribution in [0.2, 0.25) is 0 Å². The monoisotopic (exact) mass is 216 g/mol. The van der Waals surface area contributed by atoms with Gasteiger partial charge in [-0.1, -0.05) is 36.8 Å². The van der Waals surface area contributed by atoms with Crippen molar-refractivity contribution in [2.45, 2.75) is 38.2 Å². The van der Waals surface area contributed by atoms with Crippen molar-refractivity contribution in [1.29, 1.82) is 0 Å². The summed E-state index contributed by atoms with van der Waals surface area (Å²) >= 11 is 0. The van der Waals surface area contributed by atoms with Gasteiger partial charge in [0.2, 0.25) is 0 Å². The van der Waals surface area contributed by atoms with E-state index >= 15 is 0 Å². The third kappa shape index (κ3) is 1.49.